The lowest BCUT2D eigenvalue weighted by atomic mass is 9.77. The summed E-state index contributed by atoms with van der Waals surface area (Å²) in [5, 5.41) is 14.4. The van der Waals surface area contributed by atoms with Gasteiger partial charge in [-0.2, -0.15) is 5.10 Å². The second kappa shape index (κ2) is 9.63. The lowest BCUT2D eigenvalue weighted by Gasteiger charge is -2.29. The van der Waals surface area contributed by atoms with Crippen molar-refractivity contribution < 1.29 is 13.6 Å². The molecule has 2 atom stereocenters. The molecular weight excluding hydrogens is 476 g/mol. The van der Waals surface area contributed by atoms with Crippen molar-refractivity contribution in [3.63, 3.8) is 0 Å². The van der Waals surface area contributed by atoms with E-state index in [-0.39, 0.29) is 35.3 Å². The molecule has 1 aliphatic heterocycles. The Morgan fingerprint density at radius 2 is 1.82 bits per heavy atom. The minimum absolute atomic E-state index is 0.00275. The number of rotatable bonds is 5. The number of carbonyl (C=O) groups is 1. The number of amides is 1. The maximum atomic E-state index is 13.6. The number of thioether (sulfide) groups is 1. The molecule has 0 saturated heterocycles. The van der Waals surface area contributed by atoms with Crippen LogP contribution in [-0.4, -0.2) is 32.6 Å². The molecular formula is C24H21F2N5OS2. The molecule has 2 heterocycles. The summed E-state index contributed by atoms with van der Waals surface area (Å²) in [7, 11) is 0. The third-order valence-electron chi connectivity index (χ3n) is 5.92. The summed E-state index contributed by atoms with van der Waals surface area (Å²) in [5.41, 5.74) is 9.26. The molecule has 5 rings (SSSR count). The molecule has 1 aromatic heterocycles. The molecule has 0 bridgehead atoms. The molecule has 2 unspecified atom stereocenters. The fourth-order valence-electron chi connectivity index (χ4n) is 4.43. The van der Waals surface area contributed by atoms with E-state index < -0.39 is 0 Å². The third-order valence-corrected chi connectivity index (χ3v) is 7.79. The number of nitrogen functional groups attached to an aromatic ring is 1. The van der Waals surface area contributed by atoms with E-state index in [0.29, 0.717) is 9.47 Å². The zero-order chi connectivity index (χ0) is 23.7. The maximum absolute atomic E-state index is 13.6. The van der Waals surface area contributed by atoms with Crippen LogP contribution in [-0.2, 0) is 4.79 Å². The van der Waals surface area contributed by atoms with Crippen LogP contribution in [0.1, 0.15) is 36.4 Å². The zero-order valence-corrected chi connectivity index (χ0v) is 19.7. The zero-order valence-electron chi connectivity index (χ0n) is 18.0. The van der Waals surface area contributed by atoms with Crippen molar-refractivity contribution in [3.05, 3.63) is 76.9 Å². The Hall–Kier alpha value is -3.11. The fraction of sp³-hybridized carbons (Fsp3) is 0.250. The fourth-order valence-corrected chi connectivity index (χ4v) is 5.92. The first kappa shape index (κ1) is 22.7. The quantitative estimate of drug-likeness (QED) is 0.483. The molecule has 1 fully saturated rings. The number of hydrogen-bond donors (Lipinski definition) is 1. The molecule has 2 aliphatic rings. The highest BCUT2D eigenvalue weighted by Crippen LogP contribution is 2.44. The first-order valence-corrected chi connectivity index (χ1v) is 12.6. The average molecular weight is 498 g/mol. The van der Waals surface area contributed by atoms with Crippen LogP contribution >= 0.6 is 23.1 Å². The van der Waals surface area contributed by atoms with Crippen molar-refractivity contribution >= 4 is 45.9 Å². The summed E-state index contributed by atoms with van der Waals surface area (Å²) in [6.45, 7) is 0. The van der Waals surface area contributed by atoms with E-state index in [4.69, 9.17) is 10.8 Å². The first-order valence-electron chi connectivity index (χ1n) is 10.8. The molecule has 3 aromatic rings. The van der Waals surface area contributed by atoms with Crippen LogP contribution in [0.3, 0.4) is 0 Å². The van der Waals surface area contributed by atoms with Crippen molar-refractivity contribution in [2.45, 2.75) is 29.6 Å². The summed E-state index contributed by atoms with van der Waals surface area (Å²) < 4.78 is 27.6. The molecule has 1 aliphatic carbocycles. The average Bonchev–Trinajstić information content (AvgIpc) is 3.44. The minimum Gasteiger partial charge on any atom is -0.374 e. The number of halogens is 2. The van der Waals surface area contributed by atoms with Crippen LogP contribution in [0.15, 0.2) is 63.5 Å². The Morgan fingerprint density at radius 1 is 1.12 bits per heavy atom. The van der Waals surface area contributed by atoms with Gasteiger partial charge in [-0.05, 0) is 66.3 Å². The summed E-state index contributed by atoms with van der Waals surface area (Å²) in [6.07, 6.45) is 4.64. The van der Waals surface area contributed by atoms with Crippen LogP contribution in [0.5, 0.6) is 0 Å². The van der Waals surface area contributed by atoms with Crippen LogP contribution in [0.4, 0.5) is 13.9 Å². The maximum Gasteiger partial charge on any atom is 0.253 e. The van der Waals surface area contributed by atoms with Crippen LogP contribution < -0.4 is 5.73 Å². The van der Waals surface area contributed by atoms with Crippen molar-refractivity contribution in [3.8, 4) is 0 Å². The molecule has 0 spiro atoms. The third kappa shape index (κ3) is 4.74. The van der Waals surface area contributed by atoms with Gasteiger partial charge in [-0.15, -0.1) is 10.2 Å². The number of hydrogen-bond acceptors (Lipinski definition) is 7. The minimum atomic E-state index is -0.328. The van der Waals surface area contributed by atoms with E-state index in [1.165, 1.54) is 52.4 Å². The Morgan fingerprint density at radius 3 is 2.50 bits per heavy atom. The lowest BCUT2D eigenvalue weighted by molar-refractivity contribution is -0.130. The predicted molar refractivity (Wildman–Crippen MR) is 130 cm³/mol. The number of benzene rings is 2. The van der Waals surface area contributed by atoms with E-state index >= 15 is 0 Å². The van der Waals surface area contributed by atoms with Gasteiger partial charge in [0.25, 0.3) is 5.91 Å². The number of anilines is 1. The predicted octanol–water partition coefficient (Wildman–Crippen LogP) is 5.31. The Labute approximate surface area is 203 Å². The van der Waals surface area contributed by atoms with Gasteiger partial charge in [0.15, 0.2) is 4.34 Å². The SMILES string of the molecule is Nc1nnc(SCC(=O)N2N=C3/C(=C/c4ccc(F)cc4)CCCC3C2c2ccc(F)cc2)s1. The van der Waals surface area contributed by atoms with Crippen LogP contribution in [0.2, 0.25) is 0 Å². The summed E-state index contributed by atoms with van der Waals surface area (Å²) in [6, 6.07) is 12.2. The molecule has 174 valence electrons. The monoisotopic (exact) mass is 497 g/mol. The van der Waals surface area contributed by atoms with E-state index in [0.717, 1.165) is 41.7 Å². The Kier molecular flexibility index (Phi) is 6.42. The summed E-state index contributed by atoms with van der Waals surface area (Å²) >= 11 is 2.50. The highest BCUT2D eigenvalue weighted by atomic mass is 32.2. The van der Waals surface area contributed by atoms with Crippen molar-refractivity contribution in [1.29, 1.82) is 0 Å². The van der Waals surface area contributed by atoms with Gasteiger partial charge in [0, 0.05) is 5.92 Å². The second-order valence-corrected chi connectivity index (χ2v) is 10.4. The second-order valence-electron chi connectivity index (χ2n) is 8.13. The van der Waals surface area contributed by atoms with Gasteiger partial charge in [-0.1, -0.05) is 47.4 Å². The van der Waals surface area contributed by atoms with Gasteiger partial charge in [-0.3, -0.25) is 4.79 Å². The van der Waals surface area contributed by atoms with Gasteiger partial charge >= 0.3 is 0 Å². The van der Waals surface area contributed by atoms with Gasteiger partial charge in [0.05, 0.1) is 17.5 Å². The Bertz CT molecular complexity index is 1260. The smallest absolute Gasteiger partial charge is 0.253 e. The number of hydrazone groups is 1. The molecule has 2 aromatic carbocycles. The summed E-state index contributed by atoms with van der Waals surface area (Å²) in [4.78, 5) is 13.3. The van der Waals surface area contributed by atoms with Gasteiger partial charge < -0.3 is 5.73 Å². The highest BCUT2D eigenvalue weighted by molar-refractivity contribution is 8.01. The van der Waals surface area contributed by atoms with E-state index in [1.807, 2.05) is 6.08 Å². The molecule has 2 N–H and O–H groups in total. The first-order chi connectivity index (χ1) is 16.5. The number of aromatic nitrogens is 2. The summed E-state index contributed by atoms with van der Waals surface area (Å²) in [5.74, 6) is -0.657. The molecule has 10 heteroatoms. The van der Waals surface area contributed by atoms with Crippen LogP contribution in [0.25, 0.3) is 6.08 Å². The van der Waals surface area contributed by atoms with Gasteiger partial charge in [0.1, 0.15) is 11.6 Å². The van der Waals surface area contributed by atoms with Gasteiger partial charge in [0.2, 0.25) is 5.13 Å². The number of allylic oxidation sites excluding steroid dienone is 1. The lowest BCUT2D eigenvalue weighted by Crippen LogP contribution is -2.32. The molecule has 0 radical (unpaired) electrons. The van der Waals surface area contributed by atoms with Crippen molar-refractivity contribution in [2.75, 3.05) is 11.5 Å². The van der Waals surface area contributed by atoms with Crippen molar-refractivity contribution in [1.82, 2.24) is 15.2 Å². The normalized spacial score (nSPS) is 20.9. The number of fused-ring (bicyclic) bond motifs is 1. The van der Waals surface area contributed by atoms with E-state index in [9.17, 15) is 13.6 Å². The largest absolute Gasteiger partial charge is 0.374 e. The van der Waals surface area contributed by atoms with Gasteiger partial charge in [-0.25, -0.2) is 13.8 Å². The van der Waals surface area contributed by atoms with E-state index in [2.05, 4.69) is 10.2 Å². The topological polar surface area (TPSA) is 84.5 Å². The molecule has 34 heavy (non-hydrogen) atoms. The number of carbonyl (C=O) groups excluding carboxylic acids is 1. The number of nitrogens with zero attached hydrogens (tertiary/aromatic N) is 4. The molecule has 1 amide bonds. The van der Waals surface area contributed by atoms with Crippen LogP contribution in [0, 0.1) is 17.6 Å². The van der Waals surface area contributed by atoms with Crippen molar-refractivity contribution in [2.24, 2.45) is 11.0 Å². The molecule has 1 saturated carbocycles. The number of nitrogens with two attached hydrogens (primary N) is 1. The highest BCUT2D eigenvalue weighted by Gasteiger charge is 2.43. The Balaban J connectivity index is 1.47. The molecule has 6 nitrogen and oxygen atoms in total. The van der Waals surface area contributed by atoms with E-state index in [1.54, 1.807) is 24.3 Å². The standard InChI is InChI=1S/C24H21F2N5OS2/c25-17-8-4-14(5-9-17)12-16-2-1-3-19-21(16)30-31(22(19)15-6-10-18(26)11-7-15)20(32)13-33-24-29-28-23(27)34-24/h4-12,19,22H,1-3,13H2,(H2,27,28)/b16-12+.